The monoisotopic (exact) mass is 277 g/mol. The molecular weight excluding hydrogens is 262 g/mol. The average molecular weight is 277 g/mol. The van der Waals surface area contributed by atoms with Crippen LogP contribution in [0, 0.1) is 4.77 Å². The summed E-state index contributed by atoms with van der Waals surface area (Å²) >= 11 is 5.35. The van der Waals surface area contributed by atoms with E-state index in [1.54, 1.807) is 7.11 Å². The molecule has 0 saturated carbocycles. The highest BCUT2D eigenvalue weighted by Crippen LogP contribution is 2.22. The number of aromatic nitrogens is 2. The zero-order valence-electron chi connectivity index (χ0n) is 10.6. The number of carbonyl (C=O) groups excluding carboxylic acids is 1. The molecule has 2 N–H and O–H groups in total. The number of ether oxygens (including phenoxy) is 1. The Kier molecular flexibility index (Phi) is 3.02. The van der Waals surface area contributed by atoms with Crippen LogP contribution in [0.3, 0.4) is 0 Å². The van der Waals surface area contributed by atoms with Gasteiger partial charge in [0.15, 0.2) is 4.77 Å². The fourth-order valence-corrected chi connectivity index (χ4v) is 2.76. The SMILES string of the molecule is COc1ccc2[nH]c(=S)n(CC3CCC(=O)N3)c2c1. The predicted molar refractivity (Wildman–Crippen MR) is 74.8 cm³/mol. The van der Waals surface area contributed by atoms with Crippen molar-refractivity contribution < 1.29 is 9.53 Å². The summed E-state index contributed by atoms with van der Waals surface area (Å²) in [6.07, 6.45) is 1.46. The minimum atomic E-state index is 0.119. The van der Waals surface area contributed by atoms with E-state index in [0.717, 1.165) is 23.2 Å². The van der Waals surface area contributed by atoms with Crippen molar-refractivity contribution in [1.82, 2.24) is 14.9 Å². The molecule has 6 heteroatoms. The quantitative estimate of drug-likeness (QED) is 0.843. The molecule has 100 valence electrons. The van der Waals surface area contributed by atoms with E-state index in [0.29, 0.717) is 17.7 Å². The van der Waals surface area contributed by atoms with Gasteiger partial charge in [0.25, 0.3) is 0 Å². The zero-order valence-corrected chi connectivity index (χ0v) is 11.4. The normalized spacial score (nSPS) is 18.8. The van der Waals surface area contributed by atoms with Gasteiger partial charge in [-0.3, -0.25) is 4.79 Å². The molecular formula is C13H15N3O2S. The van der Waals surface area contributed by atoms with E-state index in [4.69, 9.17) is 17.0 Å². The molecule has 1 amide bonds. The number of hydrogen-bond donors (Lipinski definition) is 2. The van der Waals surface area contributed by atoms with Crippen molar-refractivity contribution in [2.75, 3.05) is 7.11 Å². The number of carbonyl (C=O) groups is 1. The molecule has 1 aliphatic heterocycles. The van der Waals surface area contributed by atoms with Gasteiger partial charge in [0, 0.05) is 25.1 Å². The number of aromatic amines is 1. The van der Waals surface area contributed by atoms with E-state index in [1.165, 1.54) is 0 Å². The van der Waals surface area contributed by atoms with Crippen LogP contribution < -0.4 is 10.1 Å². The predicted octanol–water partition coefficient (Wildman–Crippen LogP) is 1.99. The van der Waals surface area contributed by atoms with Crippen LogP contribution in [0.25, 0.3) is 11.0 Å². The van der Waals surface area contributed by atoms with E-state index < -0.39 is 0 Å². The molecule has 2 aromatic rings. The molecule has 0 aliphatic carbocycles. The highest BCUT2D eigenvalue weighted by atomic mass is 32.1. The van der Waals surface area contributed by atoms with Gasteiger partial charge in [0.2, 0.25) is 5.91 Å². The smallest absolute Gasteiger partial charge is 0.220 e. The first kappa shape index (κ1) is 12.2. The first-order chi connectivity index (χ1) is 9.17. The number of rotatable bonds is 3. The molecule has 5 nitrogen and oxygen atoms in total. The molecule has 1 aromatic heterocycles. The Morgan fingerprint density at radius 2 is 2.37 bits per heavy atom. The first-order valence-corrected chi connectivity index (χ1v) is 6.64. The van der Waals surface area contributed by atoms with Crippen LogP contribution in [-0.4, -0.2) is 28.6 Å². The highest BCUT2D eigenvalue weighted by Gasteiger charge is 2.22. The van der Waals surface area contributed by atoms with Gasteiger partial charge in [-0.2, -0.15) is 0 Å². The Morgan fingerprint density at radius 3 is 3.05 bits per heavy atom. The van der Waals surface area contributed by atoms with Crippen LogP contribution in [0.15, 0.2) is 18.2 Å². The second-order valence-corrected chi connectivity index (χ2v) is 5.11. The molecule has 1 aromatic carbocycles. The van der Waals surface area contributed by atoms with Crippen LogP contribution >= 0.6 is 12.2 Å². The lowest BCUT2D eigenvalue weighted by Gasteiger charge is -2.12. The fourth-order valence-electron chi connectivity index (χ4n) is 2.48. The minimum absolute atomic E-state index is 0.119. The molecule has 1 unspecified atom stereocenters. The first-order valence-electron chi connectivity index (χ1n) is 6.23. The summed E-state index contributed by atoms with van der Waals surface area (Å²) < 4.78 is 7.93. The molecule has 0 radical (unpaired) electrons. The van der Waals surface area contributed by atoms with Crippen molar-refractivity contribution in [3.63, 3.8) is 0 Å². The molecule has 0 bridgehead atoms. The molecule has 1 aliphatic rings. The van der Waals surface area contributed by atoms with Crippen LogP contribution in [-0.2, 0) is 11.3 Å². The number of benzene rings is 1. The van der Waals surface area contributed by atoms with Crippen molar-refractivity contribution in [3.8, 4) is 5.75 Å². The van der Waals surface area contributed by atoms with Gasteiger partial charge in [-0.1, -0.05) is 0 Å². The van der Waals surface area contributed by atoms with Gasteiger partial charge < -0.3 is 19.6 Å². The number of nitrogens with one attached hydrogen (secondary N) is 2. The second kappa shape index (κ2) is 4.70. The molecule has 19 heavy (non-hydrogen) atoms. The maximum Gasteiger partial charge on any atom is 0.220 e. The number of H-pyrrole nitrogens is 1. The van der Waals surface area contributed by atoms with E-state index in [9.17, 15) is 4.79 Å². The largest absolute Gasteiger partial charge is 0.497 e. The van der Waals surface area contributed by atoms with Crippen molar-refractivity contribution in [2.45, 2.75) is 25.4 Å². The van der Waals surface area contributed by atoms with Gasteiger partial charge in [0.1, 0.15) is 5.75 Å². The Balaban J connectivity index is 1.99. The Labute approximate surface area is 115 Å². The second-order valence-electron chi connectivity index (χ2n) is 4.73. The lowest BCUT2D eigenvalue weighted by molar-refractivity contribution is -0.119. The van der Waals surface area contributed by atoms with Crippen LogP contribution in [0.1, 0.15) is 12.8 Å². The number of imidazole rings is 1. The molecule has 1 saturated heterocycles. The summed E-state index contributed by atoms with van der Waals surface area (Å²) in [5.74, 6) is 0.916. The van der Waals surface area contributed by atoms with Gasteiger partial charge in [-0.25, -0.2) is 0 Å². The third kappa shape index (κ3) is 2.23. The van der Waals surface area contributed by atoms with Crippen molar-refractivity contribution >= 4 is 29.2 Å². The van der Waals surface area contributed by atoms with Crippen LogP contribution in [0.2, 0.25) is 0 Å². The standard InChI is InChI=1S/C13H15N3O2S/c1-18-9-3-4-10-11(6-9)16(13(19)15-10)7-8-2-5-12(17)14-8/h3-4,6,8H,2,5,7H2,1H3,(H,14,17)(H,15,19). The molecule has 1 fully saturated rings. The highest BCUT2D eigenvalue weighted by molar-refractivity contribution is 7.71. The van der Waals surface area contributed by atoms with Crippen molar-refractivity contribution in [2.24, 2.45) is 0 Å². The lowest BCUT2D eigenvalue weighted by Crippen LogP contribution is -2.29. The van der Waals surface area contributed by atoms with Gasteiger partial charge in [-0.05, 0) is 30.8 Å². The third-order valence-electron chi connectivity index (χ3n) is 3.47. The molecule has 3 rings (SSSR count). The van der Waals surface area contributed by atoms with Crippen LogP contribution in [0.5, 0.6) is 5.75 Å². The van der Waals surface area contributed by atoms with Gasteiger partial charge in [-0.15, -0.1) is 0 Å². The number of methoxy groups -OCH3 is 1. The third-order valence-corrected chi connectivity index (χ3v) is 3.79. The summed E-state index contributed by atoms with van der Waals surface area (Å²) in [5.41, 5.74) is 1.99. The number of fused-ring (bicyclic) bond motifs is 1. The Bertz CT molecular complexity index is 689. The molecule has 0 spiro atoms. The number of nitrogens with zero attached hydrogens (tertiary/aromatic N) is 1. The van der Waals surface area contributed by atoms with E-state index >= 15 is 0 Å². The van der Waals surface area contributed by atoms with Crippen LogP contribution in [0.4, 0.5) is 0 Å². The summed E-state index contributed by atoms with van der Waals surface area (Å²) in [7, 11) is 1.64. The van der Waals surface area contributed by atoms with Gasteiger partial charge in [0.05, 0.1) is 18.1 Å². The van der Waals surface area contributed by atoms with E-state index in [2.05, 4.69) is 10.3 Å². The summed E-state index contributed by atoms with van der Waals surface area (Å²) in [6.45, 7) is 0.692. The van der Waals surface area contributed by atoms with E-state index in [-0.39, 0.29) is 11.9 Å². The topological polar surface area (TPSA) is 59.0 Å². The zero-order chi connectivity index (χ0) is 13.4. The Morgan fingerprint density at radius 1 is 1.53 bits per heavy atom. The summed E-state index contributed by atoms with van der Waals surface area (Å²) in [4.78, 5) is 14.4. The number of hydrogen-bond acceptors (Lipinski definition) is 3. The number of amides is 1. The fraction of sp³-hybridized carbons (Fsp3) is 0.385. The summed E-state index contributed by atoms with van der Waals surface area (Å²) in [6, 6.07) is 5.96. The maximum atomic E-state index is 11.3. The molecule has 1 atom stereocenters. The van der Waals surface area contributed by atoms with Crippen molar-refractivity contribution in [3.05, 3.63) is 23.0 Å². The van der Waals surface area contributed by atoms with Crippen molar-refractivity contribution in [1.29, 1.82) is 0 Å². The maximum absolute atomic E-state index is 11.3. The Hall–Kier alpha value is -1.82. The molecule has 2 heterocycles. The average Bonchev–Trinajstić information content (AvgIpc) is 2.94. The summed E-state index contributed by atoms with van der Waals surface area (Å²) in [5, 5.41) is 2.96. The van der Waals surface area contributed by atoms with E-state index in [1.807, 2.05) is 22.8 Å². The minimum Gasteiger partial charge on any atom is -0.497 e. The van der Waals surface area contributed by atoms with Gasteiger partial charge >= 0.3 is 0 Å². The lowest BCUT2D eigenvalue weighted by atomic mass is 10.2.